The van der Waals surface area contributed by atoms with Crippen molar-refractivity contribution in [3.63, 3.8) is 0 Å². The molecule has 10 heteroatoms. The SMILES string of the molecule is CC(C)C[C@H](NC(=O)[C@H]1O[C@@H]1C(=O)NCCc1ccc(O)cc1)C(=O)NCCN1CCOCC1. The summed E-state index contributed by atoms with van der Waals surface area (Å²) in [6.07, 6.45) is -0.643. The zero-order chi connectivity index (χ0) is 24.5. The number of hydrogen-bond donors (Lipinski definition) is 4. The highest BCUT2D eigenvalue weighted by Crippen LogP contribution is 2.23. The van der Waals surface area contributed by atoms with Gasteiger partial charge >= 0.3 is 0 Å². The standard InChI is InChI=1S/C24H36N4O6/c1-16(2)15-19(22(30)26-9-10-28-11-13-33-14-12-28)27-24(32)21-20(34-21)23(31)25-8-7-17-3-5-18(29)6-4-17/h3-6,16,19-21,29H,7-15H2,1-2H3,(H,25,31)(H,26,30)(H,27,32)/t19-,20-,21-/m0/s1. The number of carbonyl (C=O) groups excluding carboxylic acids is 3. The maximum Gasteiger partial charge on any atom is 0.253 e. The number of nitrogens with zero attached hydrogens (tertiary/aromatic N) is 1. The number of phenolic OH excluding ortho intramolecular Hbond substituents is 1. The molecule has 2 aliphatic rings. The number of hydrogen-bond acceptors (Lipinski definition) is 7. The van der Waals surface area contributed by atoms with Crippen LogP contribution in [0, 0.1) is 5.92 Å². The molecule has 0 bridgehead atoms. The van der Waals surface area contributed by atoms with Gasteiger partial charge in [-0.2, -0.15) is 0 Å². The van der Waals surface area contributed by atoms with Gasteiger partial charge < -0.3 is 30.5 Å². The second-order valence-electron chi connectivity index (χ2n) is 9.12. The number of morpholine rings is 1. The fourth-order valence-corrected chi connectivity index (χ4v) is 3.85. The Balaban J connectivity index is 1.39. The molecule has 0 unspecified atom stereocenters. The number of nitrogens with one attached hydrogen (secondary N) is 3. The van der Waals surface area contributed by atoms with Crippen LogP contribution >= 0.6 is 0 Å². The van der Waals surface area contributed by atoms with Gasteiger partial charge in [-0.15, -0.1) is 0 Å². The molecule has 10 nitrogen and oxygen atoms in total. The first-order chi connectivity index (χ1) is 16.3. The summed E-state index contributed by atoms with van der Waals surface area (Å²) in [5.74, 6) is -0.642. The van der Waals surface area contributed by atoms with Crippen LogP contribution in [0.5, 0.6) is 5.75 Å². The molecule has 0 aliphatic carbocycles. The first kappa shape index (κ1) is 25.9. The van der Waals surface area contributed by atoms with E-state index < -0.39 is 24.2 Å². The molecule has 2 heterocycles. The zero-order valence-corrected chi connectivity index (χ0v) is 19.9. The second-order valence-corrected chi connectivity index (χ2v) is 9.12. The van der Waals surface area contributed by atoms with Gasteiger partial charge in [-0.05, 0) is 36.5 Å². The lowest BCUT2D eigenvalue weighted by Crippen LogP contribution is -2.50. The topological polar surface area (TPSA) is 133 Å². The summed E-state index contributed by atoms with van der Waals surface area (Å²) in [6.45, 7) is 8.68. The molecule has 3 amide bonds. The molecular weight excluding hydrogens is 440 g/mol. The van der Waals surface area contributed by atoms with Gasteiger partial charge in [0.15, 0.2) is 12.2 Å². The molecule has 0 saturated carbocycles. The summed E-state index contributed by atoms with van der Waals surface area (Å²) < 4.78 is 10.6. The Hall–Kier alpha value is -2.69. The van der Waals surface area contributed by atoms with Gasteiger partial charge in [-0.1, -0.05) is 26.0 Å². The van der Waals surface area contributed by atoms with E-state index in [0.717, 1.165) is 25.2 Å². The number of amides is 3. The number of carbonyl (C=O) groups is 3. The van der Waals surface area contributed by atoms with Crippen molar-refractivity contribution in [2.75, 3.05) is 45.9 Å². The van der Waals surface area contributed by atoms with Crippen LogP contribution in [0.2, 0.25) is 0 Å². The Bertz CT molecular complexity index is 825. The van der Waals surface area contributed by atoms with Gasteiger partial charge in [0.25, 0.3) is 11.8 Å². The number of rotatable bonds is 12. The predicted octanol–water partition coefficient (Wildman–Crippen LogP) is -0.202. The number of ether oxygens (including phenoxy) is 2. The summed E-state index contributed by atoms with van der Waals surface area (Å²) in [7, 11) is 0. The van der Waals surface area contributed by atoms with Crippen LogP contribution in [0.1, 0.15) is 25.8 Å². The third kappa shape index (κ3) is 8.27. The molecule has 188 valence electrons. The van der Waals surface area contributed by atoms with E-state index in [1.807, 2.05) is 13.8 Å². The smallest absolute Gasteiger partial charge is 0.253 e. The molecule has 1 aromatic carbocycles. The molecule has 34 heavy (non-hydrogen) atoms. The minimum atomic E-state index is -0.885. The lowest BCUT2D eigenvalue weighted by Gasteiger charge is -2.27. The molecule has 0 aromatic heterocycles. The monoisotopic (exact) mass is 476 g/mol. The molecule has 2 aliphatic heterocycles. The molecule has 0 radical (unpaired) electrons. The number of epoxide rings is 1. The van der Waals surface area contributed by atoms with Gasteiger partial charge in [0.05, 0.1) is 13.2 Å². The highest BCUT2D eigenvalue weighted by Gasteiger charge is 2.50. The number of aromatic hydroxyl groups is 1. The molecule has 3 atom stereocenters. The van der Waals surface area contributed by atoms with Crippen molar-refractivity contribution < 1.29 is 29.0 Å². The zero-order valence-electron chi connectivity index (χ0n) is 19.9. The van der Waals surface area contributed by atoms with Crippen LogP contribution in [0.25, 0.3) is 0 Å². The van der Waals surface area contributed by atoms with Crippen molar-refractivity contribution >= 4 is 17.7 Å². The quantitative estimate of drug-likeness (QED) is 0.307. The van der Waals surface area contributed by atoms with Crippen molar-refractivity contribution in [2.24, 2.45) is 5.92 Å². The van der Waals surface area contributed by atoms with Gasteiger partial charge in [0.1, 0.15) is 11.8 Å². The molecular formula is C24H36N4O6. The summed E-state index contributed by atoms with van der Waals surface area (Å²) in [5.41, 5.74) is 0.972. The van der Waals surface area contributed by atoms with E-state index in [9.17, 15) is 19.5 Å². The van der Waals surface area contributed by atoms with E-state index >= 15 is 0 Å². The largest absolute Gasteiger partial charge is 0.508 e. The molecule has 4 N–H and O–H groups in total. The van der Waals surface area contributed by atoms with Crippen LogP contribution in [0.15, 0.2) is 24.3 Å². The maximum atomic E-state index is 12.7. The summed E-state index contributed by atoms with van der Waals surface area (Å²) in [6, 6.07) is 6.07. The van der Waals surface area contributed by atoms with Crippen molar-refractivity contribution in [1.82, 2.24) is 20.9 Å². The Kier molecular flexibility index (Phi) is 9.67. The van der Waals surface area contributed by atoms with E-state index in [1.165, 1.54) is 0 Å². The van der Waals surface area contributed by atoms with E-state index in [1.54, 1.807) is 24.3 Å². The molecule has 0 spiro atoms. The first-order valence-corrected chi connectivity index (χ1v) is 11.9. The van der Waals surface area contributed by atoms with Crippen molar-refractivity contribution in [1.29, 1.82) is 0 Å². The van der Waals surface area contributed by atoms with E-state index in [-0.39, 0.29) is 23.5 Å². The minimum absolute atomic E-state index is 0.189. The fraction of sp³-hybridized carbons (Fsp3) is 0.625. The Morgan fingerprint density at radius 1 is 1.03 bits per heavy atom. The number of benzene rings is 1. The third-order valence-corrected chi connectivity index (χ3v) is 5.83. The lowest BCUT2D eigenvalue weighted by atomic mass is 10.0. The Morgan fingerprint density at radius 3 is 2.38 bits per heavy atom. The van der Waals surface area contributed by atoms with Crippen molar-refractivity contribution in [3.05, 3.63) is 29.8 Å². The Morgan fingerprint density at radius 2 is 1.71 bits per heavy atom. The normalized spacial score (nSPS) is 21.0. The average Bonchev–Trinajstić information content (AvgIpc) is 3.61. The predicted molar refractivity (Wildman–Crippen MR) is 125 cm³/mol. The van der Waals surface area contributed by atoms with Crippen LogP contribution in [0.4, 0.5) is 0 Å². The van der Waals surface area contributed by atoms with E-state index in [2.05, 4.69) is 20.9 Å². The second kappa shape index (κ2) is 12.7. The summed E-state index contributed by atoms with van der Waals surface area (Å²) >= 11 is 0. The van der Waals surface area contributed by atoms with Gasteiger partial charge in [0.2, 0.25) is 5.91 Å². The summed E-state index contributed by atoms with van der Waals surface area (Å²) in [4.78, 5) is 39.9. The van der Waals surface area contributed by atoms with E-state index in [4.69, 9.17) is 9.47 Å². The molecule has 2 fully saturated rings. The Labute approximate surface area is 200 Å². The number of phenols is 1. The summed E-state index contributed by atoms with van der Waals surface area (Å²) in [5, 5.41) is 17.7. The third-order valence-electron chi connectivity index (χ3n) is 5.83. The average molecular weight is 477 g/mol. The van der Waals surface area contributed by atoms with E-state index in [0.29, 0.717) is 39.1 Å². The van der Waals surface area contributed by atoms with Crippen molar-refractivity contribution in [3.8, 4) is 5.75 Å². The molecule has 2 saturated heterocycles. The van der Waals surface area contributed by atoms with Crippen molar-refractivity contribution in [2.45, 2.75) is 44.9 Å². The van der Waals surface area contributed by atoms with Gasteiger partial charge in [-0.3, -0.25) is 19.3 Å². The van der Waals surface area contributed by atoms with Crippen LogP contribution in [-0.4, -0.2) is 91.9 Å². The lowest BCUT2D eigenvalue weighted by molar-refractivity contribution is -0.130. The van der Waals surface area contributed by atoms with Crippen LogP contribution in [0.3, 0.4) is 0 Å². The molecule has 3 rings (SSSR count). The highest BCUT2D eigenvalue weighted by atomic mass is 16.6. The van der Waals surface area contributed by atoms with Gasteiger partial charge in [0, 0.05) is 32.7 Å². The van der Waals surface area contributed by atoms with Crippen LogP contribution in [-0.2, 0) is 30.3 Å². The highest BCUT2D eigenvalue weighted by molar-refractivity contribution is 5.97. The first-order valence-electron chi connectivity index (χ1n) is 11.9. The fourth-order valence-electron chi connectivity index (χ4n) is 3.85. The van der Waals surface area contributed by atoms with Crippen LogP contribution < -0.4 is 16.0 Å². The van der Waals surface area contributed by atoms with Gasteiger partial charge in [-0.25, -0.2) is 0 Å². The minimum Gasteiger partial charge on any atom is -0.508 e. The molecule has 1 aromatic rings. The maximum absolute atomic E-state index is 12.7.